The number of nitrogens with zero attached hydrogens (tertiary/aromatic N) is 1. The van der Waals surface area contributed by atoms with Gasteiger partial charge < -0.3 is 9.16 Å². The molecule has 0 radical (unpaired) electrons. The summed E-state index contributed by atoms with van der Waals surface area (Å²) in [6, 6.07) is 9.22. The molecule has 0 saturated carbocycles. The van der Waals surface area contributed by atoms with E-state index in [0.29, 0.717) is 6.42 Å². The first-order valence-electron chi connectivity index (χ1n) is 9.56. The summed E-state index contributed by atoms with van der Waals surface area (Å²) in [6.45, 7) is 12.4. The predicted octanol–water partition coefficient (Wildman–Crippen LogP) is 3.40. The van der Waals surface area contributed by atoms with Gasteiger partial charge in [-0.3, -0.25) is 15.6 Å². The summed E-state index contributed by atoms with van der Waals surface area (Å²) in [4.78, 5) is 25.0. The van der Waals surface area contributed by atoms with Crippen LogP contribution in [0.2, 0.25) is 18.1 Å². The summed E-state index contributed by atoms with van der Waals surface area (Å²) < 4.78 is 11.2. The second-order valence-electron chi connectivity index (χ2n) is 8.44. The number of amidine groups is 1. The average Bonchev–Trinajstić information content (AvgIpc) is 2.90. The SMILES string of the molecule is CCOC(=O)C(=N)NN1C(=O)[C@@H](O[Si](C)(C)C(C)(C)C)CC1c1ccccc1. The standard InChI is InChI=1S/C20H31N3O4Si/c1-7-26-19(25)17(21)22-23-15(14-11-9-8-10-12-14)13-16(18(23)24)27-28(5,6)20(2,3)4/h8-12,15-16H,7,13H2,1-6H3,(H2,21,22)/t15?,16-/m0/s1. The first kappa shape index (κ1) is 22.1. The minimum absolute atomic E-state index is 0.0337. The molecule has 2 rings (SSSR count). The molecule has 1 aliphatic heterocycles. The normalized spacial score (nSPS) is 20.2. The van der Waals surface area contributed by atoms with Crippen LogP contribution in [0.1, 0.15) is 45.7 Å². The van der Waals surface area contributed by atoms with Gasteiger partial charge in [-0.2, -0.15) is 0 Å². The molecule has 1 aromatic rings. The van der Waals surface area contributed by atoms with Crippen LogP contribution < -0.4 is 5.43 Å². The third-order valence-electron chi connectivity index (χ3n) is 5.40. The summed E-state index contributed by atoms with van der Waals surface area (Å²) >= 11 is 0. The summed E-state index contributed by atoms with van der Waals surface area (Å²) in [6.07, 6.45) is -0.160. The van der Waals surface area contributed by atoms with Gasteiger partial charge in [-0.25, -0.2) is 9.80 Å². The molecule has 28 heavy (non-hydrogen) atoms. The minimum atomic E-state index is -2.17. The maximum absolute atomic E-state index is 13.1. The topological polar surface area (TPSA) is 91.7 Å². The van der Waals surface area contributed by atoms with Gasteiger partial charge in [0, 0.05) is 6.42 Å². The van der Waals surface area contributed by atoms with Gasteiger partial charge in [0.1, 0.15) is 6.10 Å². The van der Waals surface area contributed by atoms with Crippen LogP contribution in [0, 0.1) is 5.41 Å². The Labute approximate surface area is 168 Å². The molecule has 1 heterocycles. The van der Waals surface area contributed by atoms with Crippen molar-refractivity contribution < 1.29 is 18.8 Å². The molecule has 0 bridgehead atoms. The number of carbonyl (C=O) groups is 2. The molecule has 1 amide bonds. The van der Waals surface area contributed by atoms with Gasteiger partial charge in [0.15, 0.2) is 8.32 Å². The lowest BCUT2D eigenvalue weighted by atomic mass is 10.0. The van der Waals surface area contributed by atoms with E-state index in [9.17, 15) is 9.59 Å². The Morgan fingerprint density at radius 1 is 1.29 bits per heavy atom. The lowest BCUT2D eigenvalue weighted by Crippen LogP contribution is -2.50. The highest BCUT2D eigenvalue weighted by molar-refractivity contribution is 6.74. The fourth-order valence-corrected chi connectivity index (χ4v) is 4.07. The Kier molecular flexibility index (Phi) is 6.66. The second-order valence-corrected chi connectivity index (χ2v) is 13.2. The smallest absolute Gasteiger partial charge is 0.375 e. The lowest BCUT2D eigenvalue weighted by molar-refractivity contribution is -0.138. The van der Waals surface area contributed by atoms with Gasteiger partial charge in [-0.15, -0.1) is 0 Å². The highest BCUT2D eigenvalue weighted by atomic mass is 28.4. The Hall–Kier alpha value is -2.19. The molecular formula is C20H31N3O4Si. The van der Waals surface area contributed by atoms with Crippen molar-refractivity contribution in [3.63, 3.8) is 0 Å². The van der Waals surface area contributed by atoms with Crippen molar-refractivity contribution in [2.45, 2.75) is 64.4 Å². The maximum Gasteiger partial charge on any atom is 0.375 e. The van der Waals surface area contributed by atoms with Gasteiger partial charge in [-0.05, 0) is 30.6 Å². The first-order valence-corrected chi connectivity index (χ1v) is 12.5. The zero-order valence-corrected chi connectivity index (χ0v) is 18.5. The molecular weight excluding hydrogens is 374 g/mol. The number of ether oxygens (including phenoxy) is 1. The number of carbonyl (C=O) groups excluding carboxylic acids is 2. The molecule has 1 aromatic carbocycles. The Morgan fingerprint density at radius 3 is 2.43 bits per heavy atom. The van der Waals surface area contributed by atoms with Crippen LogP contribution in [0.5, 0.6) is 0 Å². The molecule has 1 saturated heterocycles. The molecule has 8 heteroatoms. The van der Waals surface area contributed by atoms with Gasteiger partial charge in [0.25, 0.3) is 5.91 Å². The van der Waals surface area contributed by atoms with Crippen molar-refractivity contribution in [1.29, 1.82) is 5.41 Å². The van der Waals surface area contributed by atoms with E-state index < -0.39 is 26.2 Å². The Balaban J connectivity index is 2.28. The number of rotatable bonds is 5. The number of hydrogen-bond donors (Lipinski definition) is 2. The summed E-state index contributed by atoms with van der Waals surface area (Å²) in [7, 11) is -2.17. The van der Waals surface area contributed by atoms with E-state index in [2.05, 4.69) is 39.3 Å². The molecule has 0 aliphatic carbocycles. The molecule has 1 aliphatic rings. The molecule has 1 unspecified atom stereocenters. The molecule has 0 spiro atoms. The fraction of sp³-hybridized carbons (Fsp3) is 0.550. The number of nitrogens with one attached hydrogen (secondary N) is 2. The van der Waals surface area contributed by atoms with Crippen molar-refractivity contribution in [3.05, 3.63) is 35.9 Å². The molecule has 7 nitrogen and oxygen atoms in total. The minimum Gasteiger partial charge on any atom is -0.460 e. The third-order valence-corrected chi connectivity index (χ3v) is 9.89. The highest BCUT2D eigenvalue weighted by Gasteiger charge is 2.47. The van der Waals surface area contributed by atoms with Gasteiger partial charge >= 0.3 is 5.97 Å². The monoisotopic (exact) mass is 405 g/mol. The largest absolute Gasteiger partial charge is 0.460 e. The lowest BCUT2D eigenvalue weighted by Gasteiger charge is -2.37. The zero-order valence-electron chi connectivity index (χ0n) is 17.5. The first-order chi connectivity index (χ1) is 13.0. The van der Waals surface area contributed by atoms with Crippen LogP contribution >= 0.6 is 0 Å². The summed E-state index contributed by atoms with van der Waals surface area (Å²) in [5.74, 6) is -1.53. The fourth-order valence-electron chi connectivity index (χ4n) is 2.81. The van der Waals surface area contributed by atoms with Crippen LogP contribution in [-0.2, 0) is 18.8 Å². The summed E-state index contributed by atoms with van der Waals surface area (Å²) in [5, 5.41) is 9.24. The van der Waals surface area contributed by atoms with Crippen LogP contribution in [-0.4, -0.2) is 43.7 Å². The quantitative estimate of drug-likeness (QED) is 0.339. The highest BCUT2D eigenvalue weighted by Crippen LogP contribution is 2.41. The van der Waals surface area contributed by atoms with Gasteiger partial charge in [-0.1, -0.05) is 51.1 Å². The Bertz CT molecular complexity index is 731. The molecule has 0 aromatic heterocycles. The van der Waals surface area contributed by atoms with Crippen LogP contribution in [0.15, 0.2) is 30.3 Å². The molecule has 1 fully saturated rings. The summed E-state index contributed by atoms with van der Waals surface area (Å²) in [5.41, 5.74) is 3.56. The van der Waals surface area contributed by atoms with E-state index in [1.165, 1.54) is 5.01 Å². The van der Waals surface area contributed by atoms with Crippen molar-refractivity contribution in [1.82, 2.24) is 10.4 Å². The number of esters is 1. The van der Waals surface area contributed by atoms with Crippen molar-refractivity contribution >= 4 is 26.0 Å². The van der Waals surface area contributed by atoms with Crippen LogP contribution in [0.25, 0.3) is 0 Å². The number of benzene rings is 1. The van der Waals surface area contributed by atoms with Gasteiger partial charge in [0.2, 0.25) is 5.84 Å². The van der Waals surface area contributed by atoms with Crippen LogP contribution in [0.3, 0.4) is 0 Å². The number of hydrogen-bond acceptors (Lipinski definition) is 5. The van der Waals surface area contributed by atoms with E-state index >= 15 is 0 Å². The van der Waals surface area contributed by atoms with Crippen molar-refractivity contribution in [2.24, 2.45) is 0 Å². The van der Waals surface area contributed by atoms with Crippen molar-refractivity contribution in [3.8, 4) is 0 Å². The van der Waals surface area contributed by atoms with Gasteiger partial charge in [0.05, 0.1) is 12.6 Å². The van der Waals surface area contributed by atoms with Crippen molar-refractivity contribution in [2.75, 3.05) is 6.61 Å². The second kappa shape index (κ2) is 8.44. The molecule has 154 valence electrons. The average molecular weight is 406 g/mol. The molecule has 2 atom stereocenters. The molecule has 2 N–H and O–H groups in total. The Morgan fingerprint density at radius 2 is 1.89 bits per heavy atom. The third kappa shape index (κ3) is 4.80. The van der Waals surface area contributed by atoms with Crippen LogP contribution in [0.4, 0.5) is 0 Å². The van der Waals surface area contributed by atoms with E-state index in [-0.39, 0.29) is 23.6 Å². The number of hydrazine groups is 1. The van der Waals surface area contributed by atoms with E-state index in [4.69, 9.17) is 14.6 Å². The van der Waals surface area contributed by atoms with E-state index in [1.54, 1.807) is 6.92 Å². The number of amides is 1. The predicted molar refractivity (Wildman–Crippen MR) is 110 cm³/mol. The van der Waals surface area contributed by atoms with E-state index in [0.717, 1.165) is 5.56 Å². The zero-order chi connectivity index (χ0) is 21.1. The van der Waals surface area contributed by atoms with E-state index in [1.807, 2.05) is 30.3 Å². The maximum atomic E-state index is 13.1.